The molecule has 0 aromatic heterocycles. The second kappa shape index (κ2) is 1.85. The summed E-state index contributed by atoms with van der Waals surface area (Å²) in [5, 5.41) is 0. The van der Waals surface area contributed by atoms with Crippen LogP contribution in [0, 0.1) is 0 Å². The molecule has 0 saturated heterocycles. The summed E-state index contributed by atoms with van der Waals surface area (Å²) in [5.74, 6) is 0. The third-order valence-electron chi connectivity index (χ3n) is 1.58. The highest BCUT2D eigenvalue weighted by Gasteiger charge is 2.26. The molecule has 9 heavy (non-hydrogen) atoms. The van der Waals surface area contributed by atoms with Crippen molar-refractivity contribution >= 4 is 0 Å². The van der Waals surface area contributed by atoms with Gasteiger partial charge >= 0.3 is 0 Å². The Bertz CT molecular complexity index is 195. The maximum absolute atomic E-state index is 5.60. The van der Waals surface area contributed by atoms with Crippen molar-refractivity contribution in [3.8, 4) is 0 Å². The second-order valence-corrected chi connectivity index (χ2v) is 2.11. The largest absolute Gasteiger partial charge is 0.320 e. The van der Waals surface area contributed by atoms with Gasteiger partial charge in [0, 0.05) is 0 Å². The van der Waals surface area contributed by atoms with Gasteiger partial charge in [0.15, 0.2) is 0 Å². The van der Waals surface area contributed by atoms with Gasteiger partial charge < -0.3 is 5.73 Å². The highest BCUT2D eigenvalue weighted by atomic mass is 14.7. The Kier molecular flexibility index (Phi) is 1.29. The van der Waals surface area contributed by atoms with Crippen LogP contribution in [0.2, 0.25) is 0 Å². The summed E-state index contributed by atoms with van der Waals surface area (Å²) in [6.07, 6.45) is 0. The summed E-state index contributed by atoms with van der Waals surface area (Å²) in [5.41, 5.74) is 8.22. The van der Waals surface area contributed by atoms with Crippen LogP contribution in [0.1, 0.15) is 24.6 Å². The van der Waals surface area contributed by atoms with Crippen molar-refractivity contribution in [1.82, 2.24) is 0 Å². The van der Waals surface area contributed by atoms with Gasteiger partial charge in [0.05, 0.1) is 6.04 Å². The van der Waals surface area contributed by atoms with Gasteiger partial charge in [0.25, 0.3) is 0 Å². The van der Waals surface area contributed by atoms with Crippen LogP contribution in [0.25, 0.3) is 0 Å². The molecule has 0 bridgehead atoms. The van der Waals surface area contributed by atoms with E-state index in [9.17, 15) is 0 Å². The molecular formula is C8H11N. The number of benzene rings is 1. The molecule has 2 rings (SSSR count). The smallest absolute Gasteiger partial charge is 0.0558 e. The van der Waals surface area contributed by atoms with Crippen molar-refractivity contribution in [2.75, 3.05) is 0 Å². The fraction of sp³-hybridized carbons (Fsp3) is 0.250. The summed E-state index contributed by atoms with van der Waals surface area (Å²) in [7, 11) is 0. The molecule has 0 radical (unpaired) electrons. The van der Waals surface area contributed by atoms with Crippen molar-refractivity contribution in [1.29, 1.82) is 0 Å². The van der Waals surface area contributed by atoms with E-state index in [4.69, 9.17) is 5.73 Å². The molecule has 0 atom stereocenters. The molecule has 1 nitrogen and oxygen atoms in total. The fourth-order valence-corrected chi connectivity index (χ4v) is 0.994. The zero-order valence-corrected chi connectivity index (χ0v) is 4.46. The normalized spacial score (nSPS) is 13.9. The predicted molar refractivity (Wildman–Crippen MR) is 39.2 cm³/mol. The summed E-state index contributed by atoms with van der Waals surface area (Å²) < 4.78 is 0. The number of hydrogen-bond donors (Lipinski definition) is 1. The van der Waals surface area contributed by atoms with E-state index in [-0.39, 0.29) is 13.5 Å². The van der Waals surface area contributed by atoms with Crippen LogP contribution >= 0.6 is 0 Å². The van der Waals surface area contributed by atoms with Crippen LogP contribution in [0.3, 0.4) is 0 Å². The van der Waals surface area contributed by atoms with Gasteiger partial charge in [-0.1, -0.05) is 31.7 Å². The summed E-state index contributed by atoms with van der Waals surface area (Å²) >= 11 is 0. The number of rotatable bonds is 0. The van der Waals surface area contributed by atoms with Gasteiger partial charge in [-0.3, -0.25) is 0 Å². The minimum atomic E-state index is 0. The lowest BCUT2D eigenvalue weighted by atomic mass is 10.4. The molecule has 48 valence electrons. The molecule has 0 aliphatic heterocycles. The van der Waals surface area contributed by atoms with Gasteiger partial charge in [-0.25, -0.2) is 0 Å². The molecule has 2 N–H and O–H groups in total. The molecule has 1 aromatic carbocycles. The molecule has 1 aliphatic rings. The third kappa shape index (κ3) is 0.736. The lowest BCUT2D eigenvalue weighted by Gasteiger charge is -1.68. The van der Waals surface area contributed by atoms with Crippen LogP contribution in [-0.2, 0) is 0 Å². The van der Waals surface area contributed by atoms with Gasteiger partial charge in [-0.2, -0.15) is 0 Å². The van der Waals surface area contributed by atoms with E-state index in [0.29, 0.717) is 0 Å². The van der Waals surface area contributed by atoms with E-state index in [0.717, 1.165) is 0 Å². The monoisotopic (exact) mass is 121 g/mol. The number of fused-ring (bicyclic) bond motifs is 1. The second-order valence-electron chi connectivity index (χ2n) is 2.11. The Hall–Kier alpha value is -0.820. The SMILES string of the molecule is C.NC1c2ccccc21. The van der Waals surface area contributed by atoms with Crippen molar-refractivity contribution in [3.63, 3.8) is 0 Å². The molecule has 0 spiro atoms. The van der Waals surface area contributed by atoms with E-state index < -0.39 is 0 Å². The standard InChI is InChI=1S/C7H7N.CH4/c8-7-5-3-1-2-4-6(5)7;/h1-4,7H,8H2;1H4. The van der Waals surface area contributed by atoms with E-state index in [1.54, 1.807) is 0 Å². The topological polar surface area (TPSA) is 26.0 Å². The zero-order chi connectivity index (χ0) is 5.56. The molecule has 0 unspecified atom stereocenters. The van der Waals surface area contributed by atoms with Crippen molar-refractivity contribution in [2.24, 2.45) is 5.73 Å². The van der Waals surface area contributed by atoms with Crippen LogP contribution < -0.4 is 5.73 Å². The first-order chi connectivity index (χ1) is 3.89. The summed E-state index contributed by atoms with van der Waals surface area (Å²) in [6.45, 7) is 0. The average Bonchev–Trinajstić information content (AvgIpc) is 2.46. The molecular weight excluding hydrogens is 110 g/mol. The Labute approximate surface area is 55.5 Å². The highest BCUT2D eigenvalue weighted by molar-refractivity contribution is 5.50. The van der Waals surface area contributed by atoms with Crippen LogP contribution in [0.4, 0.5) is 0 Å². The first-order valence-electron chi connectivity index (χ1n) is 2.74. The van der Waals surface area contributed by atoms with Gasteiger partial charge in [-0.05, 0) is 11.1 Å². The number of hydrogen-bond acceptors (Lipinski definition) is 1. The van der Waals surface area contributed by atoms with E-state index in [2.05, 4.69) is 12.1 Å². The van der Waals surface area contributed by atoms with Gasteiger partial charge in [-0.15, -0.1) is 0 Å². The molecule has 1 heteroatoms. The van der Waals surface area contributed by atoms with Crippen LogP contribution in [0.15, 0.2) is 24.3 Å². The lowest BCUT2D eigenvalue weighted by molar-refractivity contribution is 1.07. The average molecular weight is 121 g/mol. The van der Waals surface area contributed by atoms with E-state index in [1.165, 1.54) is 11.1 Å². The fourth-order valence-electron chi connectivity index (χ4n) is 0.994. The molecule has 0 amide bonds. The summed E-state index contributed by atoms with van der Waals surface area (Å²) in [6, 6.07) is 8.45. The lowest BCUT2D eigenvalue weighted by Crippen LogP contribution is -1.87. The summed E-state index contributed by atoms with van der Waals surface area (Å²) in [4.78, 5) is 0. The Balaban J connectivity index is 0.000000405. The van der Waals surface area contributed by atoms with E-state index in [1.807, 2.05) is 12.1 Å². The third-order valence-corrected chi connectivity index (χ3v) is 1.58. The molecule has 1 aromatic rings. The Morgan fingerprint density at radius 2 is 1.56 bits per heavy atom. The minimum Gasteiger partial charge on any atom is -0.320 e. The van der Waals surface area contributed by atoms with Crippen molar-refractivity contribution in [2.45, 2.75) is 13.5 Å². The van der Waals surface area contributed by atoms with Crippen molar-refractivity contribution in [3.05, 3.63) is 35.4 Å². The number of nitrogens with two attached hydrogens (primary N) is 1. The minimum absolute atomic E-state index is 0. The highest BCUT2D eigenvalue weighted by Crippen LogP contribution is 2.37. The van der Waals surface area contributed by atoms with Crippen LogP contribution in [0.5, 0.6) is 0 Å². The first-order valence-corrected chi connectivity index (χ1v) is 2.74. The van der Waals surface area contributed by atoms with Crippen LogP contribution in [-0.4, -0.2) is 0 Å². The molecule has 1 aliphatic carbocycles. The predicted octanol–water partition coefficient (Wildman–Crippen LogP) is 1.68. The maximum Gasteiger partial charge on any atom is 0.0558 e. The molecule has 0 saturated carbocycles. The van der Waals surface area contributed by atoms with Crippen molar-refractivity contribution < 1.29 is 0 Å². The maximum atomic E-state index is 5.60. The molecule has 0 fully saturated rings. The van der Waals surface area contributed by atoms with Gasteiger partial charge in [0.2, 0.25) is 0 Å². The quantitative estimate of drug-likeness (QED) is 0.555. The van der Waals surface area contributed by atoms with Gasteiger partial charge in [0.1, 0.15) is 0 Å². The van der Waals surface area contributed by atoms with E-state index >= 15 is 0 Å². The first kappa shape index (κ1) is 6.30. The zero-order valence-electron chi connectivity index (χ0n) is 4.46. The Morgan fingerprint density at radius 3 is 1.89 bits per heavy atom. The molecule has 0 heterocycles. The Morgan fingerprint density at radius 1 is 1.11 bits per heavy atom.